The topological polar surface area (TPSA) is 39.3 Å². The lowest BCUT2D eigenvalue weighted by atomic mass is 9.79. The first kappa shape index (κ1) is 29.1. The molecule has 0 saturated heterocycles. The number of nitrogens with one attached hydrogen (secondary N) is 3. The van der Waals surface area contributed by atoms with E-state index in [1.165, 1.54) is 97.1 Å². The highest BCUT2D eigenvalue weighted by atomic mass is 15.1. The Kier molecular flexibility index (Phi) is 10.5. The number of nitrogens with zero attached hydrogens (tertiary/aromatic N) is 1. The van der Waals surface area contributed by atoms with Crippen LogP contribution in [-0.4, -0.2) is 58.3 Å². The van der Waals surface area contributed by atoms with Crippen molar-refractivity contribution in [3.05, 3.63) is 70.4 Å². The highest BCUT2D eigenvalue weighted by Gasteiger charge is 2.22. The van der Waals surface area contributed by atoms with E-state index >= 15 is 0 Å². The van der Waals surface area contributed by atoms with Crippen LogP contribution >= 0.6 is 0 Å². The molecular weight excluding hydrogens is 488 g/mol. The van der Waals surface area contributed by atoms with Gasteiger partial charge in [0.15, 0.2) is 0 Å². The number of aryl methyl sites for hydroxylation is 1. The summed E-state index contributed by atoms with van der Waals surface area (Å²) in [6.45, 7) is 9.25. The van der Waals surface area contributed by atoms with Gasteiger partial charge >= 0.3 is 0 Å². The minimum Gasteiger partial charge on any atom is -0.388 e. The lowest BCUT2D eigenvalue weighted by molar-refractivity contribution is 0.319. The van der Waals surface area contributed by atoms with E-state index in [1.807, 2.05) is 7.05 Å². The Morgan fingerprint density at radius 2 is 1.70 bits per heavy atom. The number of rotatable bonds is 18. The number of hydrogen-bond acceptors (Lipinski definition) is 4. The summed E-state index contributed by atoms with van der Waals surface area (Å²) in [7, 11) is 4.30. The van der Waals surface area contributed by atoms with Crippen molar-refractivity contribution in [2.75, 3.05) is 53.4 Å². The van der Waals surface area contributed by atoms with Crippen molar-refractivity contribution in [2.24, 2.45) is 0 Å². The molecule has 3 aromatic rings. The first-order chi connectivity index (χ1) is 19.7. The van der Waals surface area contributed by atoms with E-state index in [1.54, 1.807) is 16.8 Å². The third-order valence-electron chi connectivity index (χ3n) is 9.07. The van der Waals surface area contributed by atoms with Crippen LogP contribution in [0.2, 0.25) is 0 Å². The second kappa shape index (κ2) is 14.5. The van der Waals surface area contributed by atoms with Gasteiger partial charge < -0.3 is 20.9 Å². The van der Waals surface area contributed by atoms with E-state index < -0.39 is 0 Å². The number of hydrogen-bond donors (Lipinski definition) is 3. The second-order valence-corrected chi connectivity index (χ2v) is 12.4. The van der Waals surface area contributed by atoms with Gasteiger partial charge in [-0.15, -0.1) is 0 Å². The SMILES string of the molecule is CNCCCNCCCCN(C)CCCNC(CCCc1ccc2c3c1ccc1cccc(c13)C[C@H]2C)=C1CC1. The van der Waals surface area contributed by atoms with E-state index in [0.29, 0.717) is 5.92 Å². The molecule has 40 heavy (non-hydrogen) atoms. The molecule has 4 nitrogen and oxygen atoms in total. The minimum atomic E-state index is 0.599. The molecule has 0 amide bonds. The van der Waals surface area contributed by atoms with E-state index in [0.717, 1.165) is 39.0 Å². The summed E-state index contributed by atoms with van der Waals surface area (Å²) in [6.07, 6.45) is 12.3. The van der Waals surface area contributed by atoms with E-state index in [9.17, 15) is 0 Å². The highest BCUT2D eigenvalue weighted by Crippen LogP contribution is 2.42. The van der Waals surface area contributed by atoms with Crippen LogP contribution in [-0.2, 0) is 12.8 Å². The summed E-state index contributed by atoms with van der Waals surface area (Å²) < 4.78 is 0. The number of unbranched alkanes of at least 4 members (excludes halogenated alkanes) is 1. The van der Waals surface area contributed by atoms with Crippen molar-refractivity contribution in [2.45, 2.75) is 77.0 Å². The predicted octanol–water partition coefficient (Wildman–Crippen LogP) is 6.91. The third kappa shape index (κ3) is 7.46. The molecule has 2 aliphatic carbocycles. The summed E-state index contributed by atoms with van der Waals surface area (Å²) in [5.74, 6) is 0.599. The number of benzene rings is 3. The monoisotopic (exact) mass is 540 g/mol. The number of allylic oxidation sites excluding steroid dienone is 2. The van der Waals surface area contributed by atoms with Gasteiger partial charge in [0, 0.05) is 12.2 Å². The molecule has 0 radical (unpaired) electrons. The van der Waals surface area contributed by atoms with Crippen molar-refractivity contribution in [1.82, 2.24) is 20.9 Å². The van der Waals surface area contributed by atoms with Crippen LogP contribution in [0.4, 0.5) is 0 Å². The Balaban J connectivity index is 1.06. The lowest BCUT2D eigenvalue weighted by Crippen LogP contribution is -2.26. The Labute approximate surface area is 243 Å². The maximum absolute atomic E-state index is 3.85. The third-order valence-corrected chi connectivity index (χ3v) is 9.07. The van der Waals surface area contributed by atoms with E-state index in [2.05, 4.69) is 77.3 Å². The minimum absolute atomic E-state index is 0.599. The van der Waals surface area contributed by atoms with Crippen LogP contribution in [0, 0.1) is 0 Å². The Hall–Kier alpha value is -2.40. The van der Waals surface area contributed by atoms with Crippen LogP contribution in [0.3, 0.4) is 0 Å². The molecule has 0 unspecified atom stereocenters. The molecule has 216 valence electrons. The molecule has 3 aromatic carbocycles. The molecule has 0 bridgehead atoms. The van der Waals surface area contributed by atoms with Crippen LogP contribution < -0.4 is 16.0 Å². The average Bonchev–Trinajstić information content (AvgIpc) is 3.81. The lowest BCUT2D eigenvalue weighted by Gasteiger charge is -2.25. The van der Waals surface area contributed by atoms with E-state index in [4.69, 9.17) is 0 Å². The summed E-state index contributed by atoms with van der Waals surface area (Å²) in [6, 6.07) is 16.5. The fraction of sp³-hybridized carbons (Fsp3) is 0.556. The quantitative estimate of drug-likeness (QED) is 0.121. The summed E-state index contributed by atoms with van der Waals surface area (Å²) >= 11 is 0. The van der Waals surface area contributed by atoms with Gasteiger partial charge in [-0.05, 0) is 155 Å². The zero-order valence-electron chi connectivity index (χ0n) is 25.4. The molecular formula is C36H52N4. The van der Waals surface area contributed by atoms with Gasteiger partial charge in [-0.3, -0.25) is 0 Å². The first-order valence-electron chi connectivity index (χ1n) is 16.1. The molecule has 0 aliphatic heterocycles. The molecule has 0 spiro atoms. The summed E-state index contributed by atoms with van der Waals surface area (Å²) in [4.78, 5) is 2.51. The molecule has 3 N–H and O–H groups in total. The first-order valence-corrected chi connectivity index (χ1v) is 16.1. The Morgan fingerprint density at radius 3 is 2.55 bits per heavy atom. The Morgan fingerprint density at radius 1 is 0.850 bits per heavy atom. The molecule has 1 saturated carbocycles. The maximum atomic E-state index is 3.85. The van der Waals surface area contributed by atoms with Crippen LogP contribution in [0.1, 0.15) is 80.9 Å². The zero-order valence-corrected chi connectivity index (χ0v) is 25.4. The highest BCUT2D eigenvalue weighted by molar-refractivity contribution is 6.12. The van der Waals surface area contributed by atoms with Gasteiger partial charge in [-0.1, -0.05) is 55.0 Å². The van der Waals surface area contributed by atoms with Gasteiger partial charge in [0.25, 0.3) is 0 Å². The normalized spacial score (nSPS) is 16.0. The van der Waals surface area contributed by atoms with Crippen LogP contribution in [0.25, 0.3) is 21.5 Å². The fourth-order valence-electron chi connectivity index (χ4n) is 6.68. The van der Waals surface area contributed by atoms with Gasteiger partial charge in [-0.25, -0.2) is 0 Å². The second-order valence-electron chi connectivity index (χ2n) is 12.4. The Bertz CT molecular complexity index is 1290. The van der Waals surface area contributed by atoms with Crippen molar-refractivity contribution in [3.63, 3.8) is 0 Å². The van der Waals surface area contributed by atoms with Gasteiger partial charge in [0.05, 0.1) is 0 Å². The molecule has 2 aliphatic rings. The van der Waals surface area contributed by atoms with Gasteiger partial charge in [0.1, 0.15) is 0 Å². The zero-order chi connectivity index (χ0) is 27.7. The molecule has 5 rings (SSSR count). The van der Waals surface area contributed by atoms with Gasteiger partial charge in [0.2, 0.25) is 0 Å². The summed E-state index contributed by atoms with van der Waals surface area (Å²) in [5, 5.41) is 16.6. The molecule has 0 heterocycles. The molecule has 0 aromatic heterocycles. The average molecular weight is 541 g/mol. The fourth-order valence-corrected chi connectivity index (χ4v) is 6.68. The van der Waals surface area contributed by atoms with Crippen molar-refractivity contribution in [1.29, 1.82) is 0 Å². The van der Waals surface area contributed by atoms with Crippen molar-refractivity contribution >= 4 is 21.5 Å². The van der Waals surface area contributed by atoms with Crippen molar-refractivity contribution < 1.29 is 0 Å². The summed E-state index contributed by atoms with van der Waals surface area (Å²) in [5.41, 5.74) is 7.83. The van der Waals surface area contributed by atoms with Crippen molar-refractivity contribution in [3.8, 4) is 0 Å². The smallest absolute Gasteiger partial charge is 0.0156 e. The van der Waals surface area contributed by atoms with Crippen LogP contribution in [0.15, 0.2) is 53.7 Å². The standard InChI is InChI=1S/C36H52N4/c1-27-26-31-12-6-11-30-17-19-33-28(16-18-32(27)36(33)35(30)31)10-7-13-34(29-14-15-29)39-23-9-25-40(3)24-5-4-21-38-22-8-20-37-2/h6,11-12,16-19,27,37-39H,4-5,7-10,13-15,20-26H2,1-3H3/t27-/m1/s1. The molecule has 1 fully saturated rings. The molecule has 1 atom stereocenters. The molecule has 4 heteroatoms. The predicted molar refractivity (Wildman–Crippen MR) is 174 cm³/mol. The van der Waals surface area contributed by atoms with Crippen LogP contribution in [0.5, 0.6) is 0 Å². The maximum Gasteiger partial charge on any atom is 0.0156 e. The van der Waals surface area contributed by atoms with E-state index in [-0.39, 0.29) is 0 Å². The van der Waals surface area contributed by atoms with Gasteiger partial charge in [-0.2, -0.15) is 0 Å². The largest absolute Gasteiger partial charge is 0.388 e.